The molecule has 3 heteroatoms. The molecule has 0 aromatic heterocycles. The van der Waals surface area contributed by atoms with Crippen LogP contribution in [0, 0.1) is 17.2 Å². The molecule has 1 aromatic rings. The topological polar surface area (TPSA) is 40.9 Å². The van der Waals surface area contributed by atoms with Crippen LogP contribution in [0.2, 0.25) is 0 Å². The summed E-state index contributed by atoms with van der Waals surface area (Å²) in [5.74, 6) is 1.22. The van der Waals surface area contributed by atoms with E-state index in [0.717, 1.165) is 18.4 Å². The minimum Gasteiger partial charge on any atom is -0.259 e. The zero-order valence-corrected chi connectivity index (χ0v) is 11.6. The lowest BCUT2D eigenvalue weighted by molar-refractivity contribution is 0.389. The van der Waals surface area contributed by atoms with Crippen LogP contribution in [0.1, 0.15) is 43.7 Å². The van der Waals surface area contributed by atoms with Crippen molar-refractivity contribution in [1.29, 1.82) is 5.26 Å². The van der Waals surface area contributed by atoms with Crippen molar-refractivity contribution >= 4 is 10.8 Å². The molecule has 3 unspecified atom stereocenters. The maximum Gasteiger partial charge on any atom is 0.0994 e. The van der Waals surface area contributed by atoms with Gasteiger partial charge in [-0.2, -0.15) is 5.26 Å². The zero-order valence-electron chi connectivity index (χ0n) is 10.8. The van der Waals surface area contributed by atoms with Gasteiger partial charge in [-0.15, -0.1) is 0 Å². The van der Waals surface area contributed by atoms with Crippen molar-refractivity contribution in [2.45, 2.75) is 43.6 Å². The Morgan fingerprint density at radius 3 is 2.89 bits per heavy atom. The first-order valence-electron chi connectivity index (χ1n) is 6.56. The van der Waals surface area contributed by atoms with Crippen LogP contribution in [0.4, 0.5) is 0 Å². The molecule has 0 radical (unpaired) electrons. The summed E-state index contributed by atoms with van der Waals surface area (Å²) in [7, 11) is -0.841. The summed E-state index contributed by atoms with van der Waals surface area (Å²) in [5, 5.41) is 9.35. The first-order valence-corrected chi connectivity index (χ1v) is 7.94. The fourth-order valence-electron chi connectivity index (χ4n) is 2.64. The van der Waals surface area contributed by atoms with Crippen LogP contribution in [0.25, 0.3) is 0 Å². The molecule has 2 rings (SSSR count). The molecule has 0 heterocycles. The van der Waals surface area contributed by atoms with E-state index in [0.29, 0.717) is 22.5 Å². The van der Waals surface area contributed by atoms with Gasteiger partial charge in [0.1, 0.15) is 0 Å². The molecule has 1 aliphatic rings. The third-order valence-corrected chi connectivity index (χ3v) is 5.46. The number of nitrogens with zero attached hydrogens (tertiary/aromatic N) is 1. The van der Waals surface area contributed by atoms with Gasteiger partial charge in [-0.3, -0.25) is 4.21 Å². The minimum absolute atomic E-state index is 0.320. The molecular formula is C15H19NOS. The third kappa shape index (κ3) is 3.20. The van der Waals surface area contributed by atoms with Gasteiger partial charge in [0.05, 0.1) is 17.4 Å². The largest absolute Gasteiger partial charge is 0.259 e. The third-order valence-electron chi connectivity index (χ3n) is 3.70. The van der Waals surface area contributed by atoms with E-state index in [1.807, 2.05) is 18.2 Å². The number of hydrogen-bond donors (Lipinski definition) is 0. The fourth-order valence-corrected chi connectivity index (χ4v) is 4.41. The predicted molar refractivity (Wildman–Crippen MR) is 74.4 cm³/mol. The van der Waals surface area contributed by atoms with Crippen molar-refractivity contribution in [3.63, 3.8) is 0 Å². The van der Waals surface area contributed by atoms with Crippen molar-refractivity contribution in [3.8, 4) is 6.07 Å². The van der Waals surface area contributed by atoms with Crippen LogP contribution in [-0.2, 0) is 16.6 Å². The molecule has 96 valence electrons. The van der Waals surface area contributed by atoms with Gasteiger partial charge < -0.3 is 0 Å². The maximum atomic E-state index is 12.4. The SMILES string of the molecule is CC1CCCC(S(=O)Cc2ccccc2C#N)C1. The summed E-state index contributed by atoms with van der Waals surface area (Å²) >= 11 is 0. The highest BCUT2D eigenvalue weighted by Crippen LogP contribution is 2.28. The van der Waals surface area contributed by atoms with Crippen LogP contribution in [0.5, 0.6) is 0 Å². The Morgan fingerprint density at radius 1 is 1.39 bits per heavy atom. The van der Waals surface area contributed by atoms with Crippen LogP contribution < -0.4 is 0 Å². The van der Waals surface area contributed by atoms with Gasteiger partial charge >= 0.3 is 0 Å². The monoisotopic (exact) mass is 261 g/mol. The number of nitriles is 1. The standard InChI is InChI=1S/C15H19NOS/c1-12-5-4-8-15(9-12)18(17)11-14-7-3-2-6-13(14)10-16/h2-3,6-7,12,15H,4-5,8-9,11H2,1H3. The highest BCUT2D eigenvalue weighted by atomic mass is 32.2. The van der Waals surface area contributed by atoms with E-state index in [1.165, 1.54) is 12.8 Å². The van der Waals surface area contributed by atoms with Gasteiger partial charge in [-0.1, -0.05) is 38.0 Å². The Hall–Kier alpha value is -1.14. The smallest absolute Gasteiger partial charge is 0.0994 e. The summed E-state index contributed by atoms with van der Waals surface area (Å²) in [6, 6.07) is 9.67. The van der Waals surface area contributed by atoms with E-state index < -0.39 is 10.8 Å². The van der Waals surface area contributed by atoms with Crippen molar-refractivity contribution in [3.05, 3.63) is 35.4 Å². The molecule has 18 heavy (non-hydrogen) atoms. The normalized spacial score (nSPS) is 25.3. The summed E-state index contributed by atoms with van der Waals surface area (Å²) in [5.41, 5.74) is 1.59. The van der Waals surface area contributed by atoms with Crippen molar-refractivity contribution in [2.75, 3.05) is 0 Å². The second-order valence-electron chi connectivity index (χ2n) is 5.19. The Kier molecular flexibility index (Phi) is 4.54. The molecule has 0 bridgehead atoms. The Bertz CT molecular complexity index is 478. The molecule has 1 saturated carbocycles. The average Bonchev–Trinajstić information content (AvgIpc) is 2.39. The molecular weight excluding hydrogens is 242 g/mol. The van der Waals surface area contributed by atoms with E-state index >= 15 is 0 Å². The molecule has 2 nitrogen and oxygen atoms in total. The van der Waals surface area contributed by atoms with Gasteiger partial charge in [0.25, 0.3) is 0 Å². The summed E-state index contributed by atoms with van der Waals surface area (Å²) in [6.45, 7) is 2.24. The van der Waals surface area contributed by atoms with E-state index in [9.17, 15) is 4.21 Å². The van der Waals surface area contributed by atoms with E-state index in [-0.39, 0.29) is 0 Å². The summed E-state index contributed by atoms with van der Waals surface area (Å²) in [6.07, 6.45) is 4.60. The highest BCUT2D eigenvalue weighted by Gasteiger charge is 2.24. The van der Waals surface area contributed by atoms with Gasteiger partial charge in [0.2, 0.25) is 0 Å². The molecule has 0 aliphatic heterocycles. The van der Waals surface area contributed by atoms with Crippen LogP contribution in [-0.4, -0.2) is 9.46 Å². The van der Waals surface area contributed by atoms with E-state index in [4.69, 9.17) is 5.26 Å². The van der Waals surface area contributed by atoms with Crippen molar-refractivity contribution in [1.82, 2.24) is 0 Å². The lowest BCUT2D eigenvalue weighted by Gasteiger charge is -2.26. The number of benzene rings is 1. The molecule has 1 fully saturated rings. The van der Waals surface area contributed by atoms with Crippen LogP contribution >= 0.6 is 0 Å². The summed E-state index contributed by atoms with van der Waals surface area (Å²) < 4.78 is 12.4. The second-order valence-corrected chi connectivity index (χ2v) is 6.90. The number of hydrogen-bond acceptors (Lipinski definition) is 2. The van der Waals surface area contributed by atoms with Gasteiger partial charge in [0.15, 0.2) is 0 Å². The van der Waals surface area contributed by atoms with Crippen LogP contribution in [0.3, 0.4) is 0 Å². The Morgan fingerprint density at radius 2 is 2.17 bits per heavy atom. The van der Waals surface area contributed by atoms with Gasteiger partial charge in [-0.05, 0) is 30.4 Å². The van der Waals surface area contributed by atoms with E-state index in [2.05, 4.69) is 13.0 Å². The molecule has 0 N–H and O–H groups in total. The number of rotatable bonds is 3. The molecule has 0 amide bonds. The first-order chi connectivity index (χ1) is 8.70. The van der Waals surface area contributed by atoms with Crippen molar-refractivity contribution < 1.29 is 4.21 Å². The second kappa shape index (κ2) is 6.15. The van der Waals surface area contributed by atoms with Gasteiger partial charge in [-0.25, -0.2) is 0 Å². The lowest BCUT2D eigenvalue weighted by atomic mass is 9.91. The minimum atomic E-state index is -0.841. The predicted octanol–water partition coefficient (Wildman–Crippen LogP) is 3.39. The Labute approximate surface area is 111 Å². The molecule has 1 aromatic carbocycles. The van der Waals surface area contributed by atoms with Gasteiger partial charge in [0, 0.05) is 16.0 Å². The molecule has 0 saturated heterocycles. The van der Waals surface area contributed by atoms with E-state index in [1.54, 1.807) is 6.07 Å². The van der Waals surface area contributed by atoms with Crippen LogP contribution in [0.15, 0.2) is 24.3 Å². The van der Waals surface area contributed by atoms with Crippen molar-refractivity contribution in [2.24, 2.45) is 5.92 Å². The maximum absolute atomic E-state index is 12.4. The fraction of sp³-hybridized carbons (Fsp3) is 0.533. The zero-order chi connectivity index (χ0) is 13.0. The first kappa shape index (κ1) is 13.3. The summed E-state index contributed by atoms with van der Waals surface area (Å²) in [4.78, 5) is 0. The molecule has 0 spiro atoms. The average molecular weight is 261 g/mol. The quantitative estimate of drug-likeness (QED) is 0.837. The highest BCUT2D eigenvalue weighted by molar-refractivity contribution is 7.84. The lowest BCUT2D eigenvalue weighted by Crippen LogP contribution is -2.24. The molecule has 3 atom stereocenters. The Balaban J connectivity index is 2.05. The molecule has 1 aliphatic carbocycles.